The van der Waals surface area contributed by atoms with Crippen molar-refractivity contribution in [2.45, 2.75) is 50.4 Å². The van der Waals surface area contributed by atoms with Crippen molar-refractivity contribution in [2.75, 3.05) is 12.4 Å². The highest BCUT2D eigenvalue weighted by molar-refractivity contribution is 7.99. The Kier molecular flexibility index (Phi) is 6.33. The van der Waals surface area contributed by atoms with Crippen LogP contribution in [0.4, 0.5) is 0 Å². The van der Waals surface area contributed by atoms with E-state index in [-0.39, 0.29) is 11.9 Å². The number of ketones is 1. The normalized spacial score (nSPS) is 16.2. The molecule has 4 aromatic rings. The van der Waals surface area contributed by atoms with Crippen molar-refractivity contribution in [2.24, 2.45) is 0 Å². The van der Waals surface area contributed by atoms with Crippen LogP contribution in [0.2, 0.25) is 0 Å². The summed E-state index contributed by atoms with van der Waals surface area (Å²) in [7, 11) is 0. The SMILES string of the molecule is CC(C)c1ccc(C(=O)CSc2nnc(-c3c[nH]c4ccccc34)n2CC2CCCO2)cc1. The highest BCUT2D eigenvalue weighted by atomic mass is 32.2. The molecule has 0 bridgehead atoms. The van der Waals surface area contributed by atoms with Crippen LogP contribution in [0.1, 0.15) is 48.5 Å². The van der Waals surface area contributed by atoms with E-state index in [1.807, 2.05) is 42.6 Å². The predicted molar refractivity (Wildman–Crippen MR) is 132 cm³/mol. The lowest BCUT2D eigenvalue weighted by Gasteiger charge is -2.14. The van der Waals surface area contributed by atoms with Crippen molar-refractivity contribution in [1.29, 1.82) is 0 Å². The summed E-state index contributed by atoms with van der Waals surface area (Å²) < 4.78 is 8.02. The van der Waals surface area contributed by atoms with Gasteiger partial charge in [-0.2, -0.15) is 0 Å². The van der Waals surface area contributed by atoms with Crippen molar-refractivity contribution in [3.05, 3.63) is 65.9 Å². The summed E-state index contributed by atoms with van der Waals surface area (Å²) in [6.07, 6.45) is 4.22. The Labute approximate surface area is 197 Å². The van der Waals surface area contributed by atoms with Crippen LogP contribution in [-0.4, -0.2) is 44.0 Å². The zero-order valence-electron chi connectivity index (χ0n) is 19.0. The van der Waals surface area contributed by atoms with E-state index in [9.17, 15) is 4.79 Å². The van der Waals surface area contributed by atoms with Gasteiger partial charge in [0.1, 0.15) is 0 Å². The van der Waals surface area contributed by atoms with Crippen LogP contribution >= 0.6 is 11.8 Å². The van der Waals surface area contributed by atoms with Gasteiger partial charge in [-0.1, -0.05) is 68.1 Å². The number of aromatic amines is 1. The first-order chi connectivity index (χ1) is 16.1. The van der Waals surface area contributed by atoms with Crippen molar-refractivity contribution >= 4 is 28.4 Å². The third-order valence-electron chi connectivity index (χ3n) is 6.19. The minimum absolute atomic E-state index is 0.0932. The van der Waals surface area contributed by atoms with Gasteiger partial charge in [-0.3, -0.25) is 9.36 Å². The first kappa shape index (κ1) is 21.9. The molecule has 5 rings (SSSR count). The molecule has 0 saturated carbocycles. The van der Waals surface area contributed by atoms with Crippen LogP contribution in [0.5, 0.6) is 0 Å². The second kappa shape index (κ2) is 9.53. The van der Waals surface area contributed by atoms with Crippen molar-refractivity contribution in [1.82, 2.24) is 19.7 Å². The summed E-state index contributed by atoms with van der Waals surface area (Å²) in [5, 5.41) is 10.9. The van der Waals surface area contributed by atoms with Gasteiger partial charge in [-0.25, -0.2) is 0 Å². The van der Waals surface area contributed by atoms with E-state index >= 15 is 0 Å². The number of benzene rings is 2. The molecule has 2 aromatic carbocycles. The van der Waals surface area contributed by atoms with Gasteiger partial charge in [0, 0.05) is 34.8 Å². The van der Waals surface area contributed by atoms with Crippen LogP contribution in [-0.2, 0) is 11.3 Å². The number of ether oxygens (including phenoxy) is 1. The molecule has 2 aromatic heterocycles. The number of aromatic nitrogens is 4. The van der Waals surface area contributed by atoms with Gasteiger partial charge < -0.3 is 9.72 Å². The smallest absolute Gasteiger partial charge is 0.192 e. The summed E-state index contributed by atoms with van der Waals surface area (Å²) >= 11 is 1.44. The molecule has 1 aliphatic rings. The fourth-order valence-corrected chi connectivity index (χ4v) is 5.12. The third-order valence-corrected chi connectivity index (χ3v) is 7.16. The predicted octanol–water partition coefficient (Wildman–Crippen LogP) is 5.70. The molecule has 170 valence electrons. The number of rotatable bonds is 8. The summed E-state index contributed by atoms with van der Waals surface area (Å²) in [5.74, 6) is 1.66. The number of thioether (sulfide) groups is 1. The van der Waals surface area contributed by atoms with Crippen molar-refractivity contribution in [3.8, 4) is 11.4 Å². The van der Waals surface area contributed by atoms with Crippen LogP contribution in [0.3, 0.4) is 0 Å². The van der Waals surface area contributed by atoms with Gasteiger partial charge >= 0.3 is 0 Å². The van der Waals surface area contributed by atoms with Gasteiger partial charge in [-0.15, -0.1) is 10.2 Å². The summed E-state index contributed by atoms with van der Waals surface area (Å²) in [5.41, 5.74) is 4.04. The summed E-state index contributed by atoms with van der Waals surface area (Å²) in [4.78, 5) is 16.2. The van der Waals surface area contributed by atoms with Gasteiger partial charge in [0.15, 0.2) is 16.8 Å². The Morgan fingerprint density at radius 2 is 2.00 bits per heavy atom. The minimum atomic E-state index is 0.0932. The number of carbonyl (C=O) groups excluding carboxylic acids is 1. The number of hydrogen-bond acceptors (Lipinski definition) is 5. The van der Waals surface area contributed by atoms with E-state index < -0.39 is 0 Å². The second-order valence-corrected chi connectivity index (χ2v) is 9.73. The molecular weight excluding hydrogens is 432 g/mol. The van der Waals surface area contributed by atoms with E-state index in [2.05, 4.69) is 45.7 Å². The van der Waals surface area contributed by atoms with Crippen LogP contribution in [0, 0.1) is 0 Å². The average molecular weight is 461 g/mol. The minimum Gasteiger partial charge on any atom is -0.376 e. The van der Waals surface area contributed by atoms with Crippen molar-refractivity contribution in [3.63, 3.8) is 0 Å². The Morgan fingerprint density at radius 3 is 2.76 bits per heavy atom. The van der Waals surface area contributed by atoms with Crippen molar-refractivity contribution < 1.29 is 9.53 Å². The van der Waals surface area contributed by atoms with E-state index in [1.54, 1.807) is 0 Å². The lowest BCUT2D eigenvalue weighted by molar-refractivity contribution is 0.0953. The Hall–Kier alpha value is -2.90. The molecule has 1 fully saturated rings. The molecule has 1 N–H and O–H groups in total. The van der Waals surface area contributed by atoms with Gasteiger partial charge in [0.25, 0.3) is 0 Å². The molecular formula is C26H28N4O2S. The Balaban J connectivity index is 1.40. The molecule has 1 unspecified atom stereocenters. The molecule has 33 heavy (non-hydrogen) atoms. The number of hydrogen-bond donors (Lipinski definition) is 1. The molecule has 0 aliphatic carbocycles. The fraction of sp³-hybridized carbons (Fsp3) is 0.346. The first-order valence-electron chi connectivity index (χ1n) is 11.5. The lowest BCUT2D eigenvalue weighted by atomic mass is 10.0. The Morgan fingerprint density at radius 1 is 1.18 bits per heavy atom. The fourth-order valence-electron chi connectivity index (χ4n) is 4.28. The second-order valence-electron chi connectivity index (χ2n) is 8.79. The maximum atomic E-state index is 12.9. The number of para-hydroxylation sites is 1. The molecule has 6 nitrogen and oxygen atoms in total. The molecule has 1 aliphatic heterocycles. The maximum absolute atomic E-state index is 12.9. The van der Waals surface area contributed by atoms with Crippen LogP contribution < -0.4 is 0 Å². The number of carbonyl (C=O) groups is 1. The molecule has 1 atom stereocenters. The number of nitrogens with zero attached hydrogens (tertiary/aromatic N) is 3. The molecule has 7 heteroatoms. The maximum Gasteiger partial charge on any atom is 0.192 e. The molecule has 0 spiro atoms. The number of fused-ring (bicyclic) bond motifs is 1. The molecule has 1 saturated heterocycles. The number of nitrogens with one attached hydrogen (secondary N) is 1. The van der Waals surface area contributed by atoms with E-state index in [0.717, 1.165) is 52.5 Å². The monoisotopic (exact) mass is 460 g/mol. The first-order valence-corrected chi connectivity index (χ1v) is 12.5. The van der Waals surface area contributed by atoms with Gasteiger partial charge in [0.2, 0.25) is 0 Å². The molecule has 0 amide bonds. The van der Waals surface area contributed by atoms with Gasteiger partial charge in [-0.05, 0) is 30.4 Å². The van der Waals surface area contributed by atoms with Gasteiger partial charge in [0.05, 0.1) is 18.4 Å². The molecule has 3 heterocycles. The van der Waals surface area contributed by atoms with E-state index in [0.29, 0.717) is 18.2 Å². The third kappa shape index (κ3) is 4.61. The summed E-state index contributed by atoms with van der Waals surface area (Å²) in [6, 6.07) is 16.1. The van der Waals surface area contributed by atoms with Crippen LogP contribution in [0.15, 0.2) is 59.9 Å². The van der Waals surface area contributed by atoms with E-state index in [1.165, 1.54) is 17.3 Å². The lowest BCUT2D eigenvalue weighted by Crippen LogP contribution is -2.17. The number of Topliss-reactive ketones (excluding diaryl/α,β-unsaturated/α-hetero) is 1. The topological polar surface area (TPSA) is 72.8 Å². The zero-order chi connectivity index (χ0) is 22.8. The quantitative estimate of drug-likeness (QED) is 0.270. The average Bonchev–Trinajstić information content (AvgIpc) is 3.58. The zero-order valence-corrected chi connectivity index (χ0v) is 19.8. The van der Waals surface area contributed by atoms with Crippen LogP contribution in [0.25, 0.3) is 22.3 Å². The highest BCUT2D eigenvalue weighted by Crippen LogP contribution is 2.31. The van der Waals surface area contributed by atoms with E-state index in [4.69, 9.17) is 4.74 Å². The largest absolute Gasteiger partial charge is 0.376 e. The Bertz CT molecular complexity index is 1250. The highest BCUT2D eigenvalue weighted by Gasteiger charge is 2.23. The standard InChI is InChI=1S/C26H28N4O2S/c1-17(2)18-9-11-19(12-10-18)24(31)16-33-26-29-28-25(30(26)15-20-6-5-13-32-20)22-14-27-23-8-4-3-7-21(22)23/h3-4,7-12,14,17,20,27H,5-6,13,15-16H2,1-2H3. The number of H-pyrrole nitrogens is 1. The molecule has 0 radical (unpaired) electrons. The summed E-state index contributed by atoms with van der Waals surface area (Å²) in [6.45, 7) is 5.78.